The molecule has 1 heterocycles. The van der Waals surface area contributed by atoms with Gasteiger partial charge in [0.05, 0.1) is 7.11 Å². The van der Waals surface area contributed by atoms with Crippen molar-refractivity contribution in [2.75, 3.05) is 13.7 Å². The van der Waals surface area contributed by atoms with Crippen molar-refractivity contribution in [2.24, 2.45) is 0 Å². The molecule has 21 heavy (non-hydrogen) atoms. The largest absolute Gasteiger partial charge is 0.481 e. The first kappa shape index (κ1) is 15.4. The summed E-state index contributed by atoms with van der Waals surface area (Å²) < 4.78 is 18.6. The molecule has 0 aliphatic rings. The van der Waals surface area contributed by atoms with Gasteiger partial charge in [-0.15, -0.1) is 0 Å². The van der Waals surface area contributed by atoms with E-state index in [4.69, 9.17) is 4.74 Å². The summed E-state index contributed by atoms with van der Waals surface area (Å²) in [4.78, 5) is 4.26. The second-order valence-corrected chi connectivity index (χ2v) is 4.99. The van der Waals surface area contributed by atoms with Gasteiger partial charge in [0.25, 0.3) is 0 Å². The molecular formula is C17H21FN2O. The lowest BCUT2D eigenvalue weighted by atomic mass is 9.96. The first-order chi connectivity index (χ1) is 10.2. The highest BCUT2D eigenvalue weighted by Gasteiger charge is 2.17. The van der Waals surface area contributed by atoms with Gasteiger partial charge in [0.15, 0.2) is 0 Å². The van der Waals surface area contributed by atoms with Crippen LogP contribution in [0.2, 0.25) is 0 Å². The van der Waals surface area contributed by atoms with Crippen LogP contribution in [0.3, 0.4) is 0 Å². The standard InChI is InChI=1S/C17H21FN2O/c1-4-19-16(15-6-5-9-20-17(15)21-3)11-13-7-8-14(18)10-12(13)2/h5-10,16,19H,4,11H2,1-3H3. The summed E-state index contributed by atoms with van der Waals surface area (Å²) in [5.74, 6) is 0.429. The summed E-state index contributed by atoms with van der Waals surface area (Å²) in [5.41, 5.74) is 3.10. The number of hydrogen-bond acceptors (Lipinski definition) is 3. The van der Waals surface area contributed by atoms with Gasteiger partial charge in [-0.05, 0) is 49.2 Å². The molecule has 0 bridgehead atoms. The van der Waals surface area contributed by atoms with Gasteiger partial charge in [0.1, 0.15) is 5.82 Å². The highest BCUT2D eigenvalue weighted by molar-refractivity contribution is 5.33. The molecule has 1 atom stereocenters. The average Bonchev–Trinajstić information content (AvgIpc) is 2.49. The second kappa shape index (κ2) is 7.18. The Bertz CT molecular complexity index is 601. The summed E-state index contributed by atoms with van der Waals surface area (Å²) in [5, 5.41) is 3.45. The van der Waals surface area contributed by atoms with Crippen molar-refractivity contribution in [3.05, 3.63) is 59.0 Å². The lowest BCUT2D eigenvalue weighted by Gasteiger charge is -2.21. The Morgan fingerprint density at radius 2 is 2.14 bits per heavy atom. The number of ether oxygens (including phenoxy) is 1. The summed E-state index contributed by atoms with van der Waals surface area (Å²) in [6, 6.07) is 8.92. The van der Waals surface area contributed by atoms with Crippen LogP contribution >= 0.6 is 0 Å². The van der Waals surface area contributed by atoms with Crippen LogP contribution in [0.25, 0.3) is 0 Å². The molecule has 3 nitrogen and oxygen atoms in total. The van der Waals surface area contributed by atoms with Crippen LogP contribution in [-0.2, 0) is 6.42 Å². The Balaban J connectivity index is 2.30. The van der Waals surface area contributed by atoms with E-state index in [1.807, 2.05) is 25.1 Å². The quantitative estimate of drug-likeness (QED) is 0.884. The summed E-state index contributed by atoms with van der Waals surface area (Å²) in [6.07, 6.45) is 2.48. The van der Waals surface area contributed by atoms with Crippen molar-refractivity contribution in [1.29, 1.82) is 0 Å². The molecule has 0 radical (unpaired) electrons. The van der Waals surface area contributed by atoms with E-state index in [-0.39, 0.29) is 11.9 Å². The zero-order valence-electron chi connectivity index (χ0n) is 12.7. The molecule has 4 heteroatoms. The van der Waals surface area contributed by atoms with Crippen molar-refractivity contribution in [3.63, 3.8) is 0 Å². The number of hydrogen-bond donors (Lipinski definition) is 1. The van der Waals surface area contributed by atoms with Crippen LogP contribution in [-0.4, -0.2) is 18.6 Å². The molecule has 1 aromatic heterocycles. The van der Waals surface area contributed by atoms with E-state index < -0.39 is 0 Å². The van der Waals surface area contributed by atoms with E-state index in [2.05, 4.69) is 17.2 Å². The number of methoxy groups -OCH3 is 1. The van der Waals surface area contributed by atoms with Crippen molar-refractivity contribution >= 4 is 0 Å². The highest BCUT2D eigenvalue weighted by Crippen LogP contribution is 2.26. The van der Waals surface area contributed by atoms with Gasteiger partial charge < -0.3 is 10.1 Å². The average molecular weight is 288 g/mol. The fourth-order valence-electron chi connectivity index (χ4n) is 2.49. The van der Waals surface area contributed by atoms with Crippen LogP contribution in [0.15, 0.2) is 36.5 Å². The van der Waals surface area contributed by atoms with Crippen molar-refractivity contribution in [2.45, 2.75) is 26.3 Å². The van der Waals surface area contributed by atoms with Gasteiger partial charge in [0, 0.05) is 17.8 Å². The van der Waals surface area contributed by atoms with Crippen LogP contribution in [0, 0.1) is 12.7 Å². The maximum absolute atomic E-state index is 13.2. The molecule has 0 saturated heterocycles. The van der Waals surface area contributed by atoms with E-state index in [1.165, 1.54) is 6.07 Å². The molecule has 112 valence electrons. The summed E-state index contributed by atoms with van der Waals surface area (Å²) >= 11 is 0. The van der Waals surface area contributed by atoms with Crippen LogP contribution in [0.4, 0.5) is 4.39 Å². The molecule has 0 aliphatic carbocycles. The number of likely N-dealkylation sites (N-methyl/N-ethyl adjacent to an activating group) is 1. The van der Waals surface area contributed by atoms with E-state index in [9.17, 15) is 4.39 Å². The van der Waals surface area contributed by atoms with Gasteiger partial charge >= 0.3 is 0 Å². The molecule has 0 aliphatic heterocycles. The third-order valence-electron chi connectivity index (χ3n) is 3.55. The Hall–Kier alpha value is -1.94. The van der Waals surface area contributed by atoms with E-state index in [1.54, 1.807) is 19.4 Å². The first-order valence-electron chi connectivity index (χ1n) is 7.13. The Labute approximate surface area is 125 Å². The smallest absolute Gasteiger partial charge is 0.217 e. The number of halogens is 1. The van der Waals surface area contributed by atoms with E-state index >= 15 is 0 Å². The molecule has 0 saturated carbocycles. The molecule has 0 spiro atoms. The minimum absolute atomic E-state index is 0.0859. The van der Waals surface area contributed by atoms with Crippen molar-refractivity contribution in [1.82, 2.24) is 10.3 Å². The van der Waals surface area contributed by atoms with Gasteiger partial charge in [-0.25, -0.2) is 9.37 Å². The van der Waals surface area contributed by atoms with Gasteiger partial charge in [-0.1, -0.05) is 19.1 Å². The van der Waals surface area contributed by atoms with Gasteiger partial charge in [-0.3, -0.25) is 0 Å². The molecule has 1 unspecified atom stereocenters. The minimum Gasteiger partial charge on any atom is -0.481 e. The predicted octanol–water partition coefficient (Wildman–Crippen LogP) is 3.43. The topological polar surface area (TPSA) is 34.2 Å². The fraction of sp³-hybridized carbons (Fsp3) is 0.353. The fourth-order valence-corrected chi connectivity index (χ4v) is 2.49. The molecule has 2 aromatic rings. The highest BCUT2D eigenvalue weighted by atomic mass is 19.1. The number of nitrogens with one attached hydrogen (secondary N) is 1. The molecule has 2 rings (SSSR count). The Morgan fingerprint density at radius 3 is 2.81 bits per heavy atom. The summed E-state index contributed by atoms with van der Waals surface area (Å²) in [6.45, 7) is 4.83. The maximum atomic E-state index is 13.2. The first-order valence-corrected chi connectivity index (χ1v) is 7.13. The number of rotatable bonds is 6. The molecule has 0 fully saturated rings. The number of pyridine rings is 1. The molecule has 1 N–H and O–H groups in total. The van der Waals surface area contributed by atoms with E-state index in [0.717, 1.165) is 29.7 Å². The molecule has 0 amide bonds. The Kier molecular flexibility index (Phi) is 5.28. The monoisotopic (exact) mass is 288 g/mol. The molecule has 1 aromatic carbocycles. The van der Waals surface area contributed by atoms with Crippen LogP contribution in [0.5, 0.6) is 5.88 Å². The predicted molar refractivity (Wildman–Crippen MR) is 82.0 cm³/mol. The van der Waals surface area contributed by atoms with Crippen LogP contribution < -0.4 is 10.1 Å². The lowest BCUT2D eigenvalue weighted by molar-refractivity contribution is 0.382. The Morgan fingerprint density at radius 1 is 1.33 bits per heavy atom. The third-order valence-corrected chi connectivity index (χ3v) is 3.55. The zero-order valence-corrected chi connectivity index (χ0v) is 12.7. The SMILES string of the molecule is CCNC(Cc1ccc(F)cc1C)c1cccnc1OC. The van der Waals surface area contributed by atoms with Crippen molar-refractivity contribution < 1.29 is 9.13 Å². The number of benzene rings is 1. The van der Waals surface area contributed by atoms with Gasteiger partial charge in [0.2, 0.25) is 5.88 Å². The second-order valence-electron chi connectivity index (χ2n) is 4.99. The van der Waals surface area contributed by atoms with E-state index in [0.29, 0.717) is 5.88 Å². The lowest BCUT2D eigenvalue weighted by Crippen LogP contribution is -2.24. The zero-order chi connectivity index (χ0) is 15.2. The normalized spacial score (nSPS) is 12.2. The van der Waals surface area contributed by atoms with Crippen molar-refractivity contribution in [3.8, 4) is 5.88 Å². The maximum Gasteiger partial charge on any atom is 0.217 e. The number of aromatic nitrogens is 1. The molecular weight excluding hydrogens is 267 g/mol. The van der Waals surface area contributed by atoms with Crippen LogP contribution in [0.1, 0.15) is 29.7 Å². The minimum atomic E-state index is -0.199. The summed E-state index contributed by atoms with van der Waals surface area (Å²) in [7, 11) is 1.62. The number of aryl methyl sites for hydroxylation is 1. The number of nitrogens with zero attached hydrogens (tertiary/aromatic N) is 1. The third kappa shape index (κ3) is 3.79. The van der Waals surface area contributed by atoms with Gasteiger partial charge in [-0.2, -0.15) is 0 Å².